The zero-order chi connectivity index (χ0) is 28.8. The number of nitrogens with zero attached hydrogens (tertiary/aromatic N) is 2. The number of rotatable bonds is 13. The van der Waals surface area contributed by atoms with E-state index < -0.39 is 38.7 Å². The molecule has 2 aliphatic rings. The number of aliphatic carboxylic acids is 1. The van der Waals surface area contributed by atoms with Crippen LogP contribution in [0, 0.1) is 0 Å². The van der Waals surface area contributed by atoms with Crippen LogP contribution in [0.1, 0.15) is 70.1 Å². The maximum absolute atomic E-state index is 13.4. The van der Waals surface area contributed by atoms with Gasteiger partial charge in [0.2, 0.25) is 15.9 Å². The fourth-order valence-corrected chi connectivity index (χ4v) is 8.50. The third-order valence-electron chi connectivity index (χ3n) is 7.60. The lowest BCUT2D eigenvalue weighted by Crippen LogP contribution is -2.56. The van der Waals surface area contributed by atoms with E-state index in [0.29, 0.717) is 12.8 Å². The second-order valence-electron chi connectivity index (χ2n) is 11.0. The molecular weight excluding hydrogens is 548 g/mol. The lowest BCUT2D eigenvalue weighted by Gasteiger charge is -2.30. The van der Waals surface area contributed by atoms with Crippen molar-refractivity contribution >= 4 is 39.5 Å². The van der Waals surface area contributed by atoms with Gasteiger partial charge in [-0.3, -0.25) is 4.79 Å². The Morgan fingerprint density at radius 2 is 1.85 bits per heavy atom. The molecule has 2 aromatic rings. The van der Waals surface area contributed by atoms with Gasteiger partial charge < -0.3 is 15.7 Å². The zero-order valence-corrected chi connectivity index (χ0v) is 24.9. The molecule has 1 aromatic heterocycles. The van der Waals surface area contributed by atoms with Gasteiger partial charge in [0.1, 0.15) is 17.9 Å². The number of hydrogen-bond acceptors (Lipinski definition) is 7. The minimum Gasteiger partial charge on any atom is -0.480 e. The molecule has 0 spiro atoms. The summed E-state index contributed by atoms with van der Waals surface area (Å²) in [5.41, 5.74) is 2.38. The first kappa shape index (κ1) is 30.3. The smallest absolute Gasteiger partial charge is 0.326 e. The van der Waals surface area contributed by atoms with Gasteiger partial charge in [-0.25, -0.2) is 18.2 Å². The summed E-state index contributed by atoms with van der Waals surface area (Å²) in [5.74, 6) is -0.543. The van der Waals surface area contributed by atoms with E-state index in [1.807, 2.05) is 13.8 Å². The van der Waals surface area contributed by atoms with Crippen molar-refractivity contribution in [1.82, 2.24) is 14.6 Å². The van der Waals surface area contributed by atoms with Crippen molar-refractivity contribution in [1.29, 1.82) is 0 Å². The molecule has 0 bridgehead atoms. The van der Waals surface area contributed by atoms with Crippen molar-refractivity contribution in [3.8, 4) is 0 Å². The molecular formula is C29H40N4O5S2. The van der Waals surface area contributed by atoms with E-state index in [0.717, 1.165) is 63.0 Å². The minimum absolute atomic E-state index is 0.111. The molecule has 3 N–H and O–H groups in total. The number of nitrogens with one attached hydrogen (secondary N) is 2. The molecule has 218 valence electrons. The summed E-state index contributed by atoms with van der Waals surface area (Å²) in [6.45, 7) is 4.60. The van der Waals surface area contributed by atoms with E-state index in [-0.39, 0.29) is 10.8 Å². The number of amides is 1. The van der Waals surface area contributed by atoms with Crippen molar-refractivity contribution in [2.24, 2.45) is 0 Å². The number of hydrogen-bond donors (Lipinski definition) is 3. The number of carboxylic acid groups (broad SMARTS) is 1. The summed E-state index contributed by atoms with van der Waals surface area (Å²) in [4.78, 5) is 30.2. The fraction of sp³-hybridized carbons (Fsp3) is 0.552. The largest absolute Gasteiger partial charge is 0.480 e. The molecule has 40 heavy (non-hydrogen) atoms. The Labute approximate surface area is 241 Å². The molecule has 1 saturated heterocycles. The molecule has 2 aliphatic heterocycles. The van der Waals surface area contributed by atoms with E-state index in [9.17, 15) is 23.1 Å². The van der Waals surface area contributed by atoms with Crippen LogP contribution in [0.5, 0.6) is 0 Å². The number of aryl methyl sites for hydroxylation is 2. The number of anilines is 1. The van der Waals surface area contributed by atoms with Crippen LogP contribution < -0.4 is 10.6 Å². The third kappa shape index (κ3) is 7.36. The van der Waals surface area contributed by atoms with Crippen molar-refractivity contribution in [2.45, 2.75) is 93.4 Å². The fourth-order valence-electron chi connectivity index (χ4n) is 5.31. The van der Waals surface area contributed by atoms with E-state index in [4.69, 9.17) is 4.98 Å². The highest BCUT2D eigenvalue weighted by Gasteiger charge is 2.51. The first-order chi connectivity index (χ1) is 19.1. The molecule has 2 atom stereocenters. The van der Waals surface area contributed by atoms with Crippen molar-refractivity contribution in [3.63, 3.8) is 0 Å². The van der Waals surface area contributed by atoms with Gasteiger partial charge in [0.05, 0.1) is 10.8 Å². The number of fused-ring (bicyclic) bond motifs is 1. The number of pyridine rings is 1. The number of benzene rings is 1. The second-order valence-corrected chi connectivity index (χ2v) is 14.5. The van der Waals surface area contributed by atoms with Gasteiger partial charge >= 0.3 is 5.97 Å². The minimum atomic E-state index is -3.92. The van der Waals surface area contributed by atoms with Crippen LogP contribution >= 0.6 is 11.8 Å². The maximum atomic E-state index is 13.4. The first-order valence-electron chi connectivity index (χ1n) is 14.1. The standard InChI is InChI=1S/C29H40N4O5S2/c1-29(2)25(33(20-39-29)40(37,38)23-14-8-6-9-15-23)27(34)32-24(28(35)36)16-10-5-3-4-7-13-22-18-17-21-12-11-19-30-26(21)31-22/h6,8-9,14-15,17-18,24-25H,3-5,7,10-13,16,19-20H2,1-2H3,(H,30,31)(H,32,34)(H,35,36). The highest BCUT2D eigenvalue weighted by Crippen LogP contribution is 2.42. The van der Waals surface area contributed by atoms with Crippen LogP contribution in [0.15, 0.2) is 47.4 Å². The van der Waals surface area contributed by atoms with Gasteiger partial charge in [-0.1, -0.05) is 49.9 Å². The lowest BCUT2D eigenvalue weighted by atomic mass is 10.0. The van der Waals surface area contributed by atoms with Crippen LogP contribution in [0.4, 0.5) is 5.82 Å². The molecule has 0 saturated carbocycles. The number of carbonyl (C=O) groups excluding carboxylic acids is 1. The van der Waals surface area contributed by atoms with Gasteiger partial charge in [0.15, 0.2) is 0 Å². The number of carboxylic acids is 1. The van der Waals surface area contributed by atoms with Crippen LogP contribution in [0.3, 0.4) is 0 Å². The summed E-state index contributed by atoms with van der Waals surface area (Å²) in [6.07, 6.45) is 7.97. The molecule has 4 rings (SSSR count). The molecule has 3 heterocycles. The summed E-state index contributed by atoms with van der Waals surface area (Å²) in [5, 5.41) is 15.8. The SMILES string of the molecule is CC1(C)SCN(S(=O)(=O)c2ccccc2)C1C(=O)NC(CCCCCCCc1ccc2c(n1)NCCC2)C(=O)O. The zero-order valence-electron chi connectivity index (χ0n) is 23.3. The van der Waals surface area contributed by atoms with E-state index in [2.05, 4.69) is 22.8 Å². The number of sulfonamides is 1. The van der Waals surface area contributed by atoms with Crippen molar-refractivity contribution in [2.75, 3.05) is 17.7 Å². The van der Waals surface area contributed by atoms with Crippen LogP contribution in [0.2, 0.25) is 0 Å². The van der Waals surface area contributed by atoms with Gasteiger partial charge in [0, 0.05) is 17.0 Å². The maximum Gasteiger partial charge on any atom is 0.326 e. The number of carbonyl (C=O) groups is 2. The molecule has 9 nitrogen and oxygen atoms in total. The number of aromatic nitrogens is 1. The first-order valence-corrected chi connectivity index (χ1v) is 16.5. The average molecular weight is 589 g/mol. The van der Waals surface area contributed by atoms with Gasteiger partial charge in [0.25, 0.3) is 0 Å². The Morgan fingerprint density at radius 3 is 2.60 bits per heavy atom. The van der Waals surface area contributed by atoms with Gasteiger partial charge in [-0.2, -0.15) is 4.31 Å². The van der Waals surface area contributed by atoms with E-state index in [1.165, 1.54) is 33.8 Å². The number of thioether (sulfide) groups is 1. The Bertz CT molecular complexity index is 1290. The Hall–Kier alpha value is -2.63. The summed E-state index contributed by atoms with van der Waals surface area (Å²) in [6, 6.07) is 10.2. The quantitative estimate of drug-likeness (QED) is 0.293. The molecule has 0 aliphatic carbocycles. The third-order valence-corrected chi connectivity index (χ3v) is 11.0. The topological polar surface area (TPSA) is 129 Å². The molecule has 1 aromatic carbocycles. The Kier molecular flexibility index (Phi) is 10.1. The second kappa shape index (κ2) is 13.4. The highest BCUT2D eigenvalue weighted by atomic mass is 32.2. The van der Waals surface area contributed by atoms with Gasteiger partial charge in [-0.05, 0) is 69.7 Å². The monoisotopic (exact) mass is 588 g/mol. The van der Waals surface area contributed by atoms with Crippen LogP contribution in [-0.2, 0) is 32.5 Å². The average Bonchev–Trinajstić information content (AvgIpc) is 3.27. The van der Waals surface area contributed by atoms with Crippen molar-refractivity contribution < 1.29 is 23.1 Å². The molecule has 1 amide bonds. The summed E-state index contributed by atoms with van der Waals surface area (Å²) in [7, 11) is -3.92. The Morgan fingerprint density at radius 1 is 1.12 bits per heavy atom. The van der Waals surface area contributed by atoms with Gasteiger partial charge in [-0.15, -0.1) is 11.8 Å². The van der Waals surface area contributed by atoms with Crippen LogP contribution in [-0.4, -0.2) is 63.9 Å². The predicted octanol–water partition coefficient (Wildman–Crippen LogP) is 4.43. The van der Waals surface area contributed by atoms with E-state index in [1.54, 1.807) is 18.2 Å². The van der Waals surface area contributed by atoms with E-state index >= 15 is 0 Å². The summed E-state index contributed by atoms with van der Waals surface area (Å²) < 4.78 is 27.1. The van der Waals surface area contributed by atoms with Crippen molar-refractivity contribution in [3.05, 3.63) is 53.7 Å². The summed E-state index contributed by atoms with van der Waals surface area (Å²) >= 11 is 1.37. The molecule has 11 heteroatoms. The Balaban J connectivity index is 1.25. The highest BCUT2D eigenvalue weighted by molar-refractivity contribution is 8.02. The normalized spacial score (nSPS) is 19.4. The lowest BCUT2D eigenvalue weighted by molar-refractivity contribution is -0.142. The van der Waals surface area contributed by atoms with Crippen LogP contribution in [0.25, 0.3) is 0 Å². The predicted molar refractivity (Wildman–Crippen MR) is 158 cm³/mol. The molecule has 1 fully saturated rings. The molecule has 0 radical (unpaired) electrons. The number of unbranched alkanes of at least 4 members (excludes halogenated alkanes) is 4. The molecule has 2 unspecified atom stereocenters.